The maximum Gasteiger partial charge on any atom is 0.383 e. The highest BCUT2D eigenvalue weighted by atomic mass is 16.7. The molecule has 3 nitrogen and oxygen atoms in total. The summed E-state index contributed by atoms with van der Waals surface area (Å²) in [6, 6.07) is 0. The van der Waals surface area contributed by atoms with Gasteiger partial charge in [-0.25, -0.2) is 4.99 Å². The monoisotopic (exact) mass is 129 g/mol. The van der Waals surface area contributed by atoms with Gasteiger partial charge in [-0.05, 0) is 13.8 Å². The van der Waals surface area contributed by atoms with Crippen molar-refractivity contribution in [1.29, 1.82) is 0 Å². The van der Waals surface area contributed by atoms with E-state index in [1.165, 1.54) is 0 Å². The van der Waals surface area contributed by atoms with Crippen LogP contribution in [0.25, 0.3) is 0 Å². The molecule has 0 saturated carbocycles. The fraction of sp³-hybridized carbons (Fsp3) is 0.833. The first-order valence-electron chi connectivity index (χ1n) is 3.17. The van der Waals surface area contributed by atoms with Crippen LogP contribution in [0.2, 0.25) is 0 Å². The first-order valence-corrected chi connectivity index (χ1v) is 3.17. The third-order valence-corrected chi connectivity index (χ3v) is 1.05. The van der Waals surface area contributed by atoms with Gasteiger partial charge in [0.1, 0.15) is 6.10 Å². The van der Waals surface area contributed by atoms with Crippen LogP contribution in [0.4, 0.5) is 0 Å². The van der Waals surface area contributed by atoms with Gasteiger partial charge in [0.2, 0.25) is 0 Å². The van der Waals surface area contributed by atoms with E-state index in [9.17, 15) is 0 Å². The van der Waals surface area contributed by atoms with Crippen LogP contribution in [0.5, 0.6) is 0 Å². The Labute approximate surface area is 54.7 Å². The van der Waals surface area contributed by atoms with Gasteiger partial charge in [0.05, 0.1) is 13.2 Å². The van der Waals surface area contributed by atoms with Crippen molar-refractivity contribution in [1.82, 2.24) is 0 Å². The fourth-order valence-electron chi connectivity index (χ4n) is 0.653. The van der Waals surface area contributed by atoms with Crippen LogP contribution in [0.15, 0.2) is 4.99 Å². The summed E-state index contributed by atoms with van der Waals surface area (Å²) in [4.78, 5) is 3.98. The van der Waals surface area contributed by atoms with Crippen LogP contribution in [-0.4, -0.2) is 25.3 Å². The third kappa shape index (κ3) is 1.59. The van der Waals surface area contributed by atoms with Crippen molar-refractivity contribution in [2.24, 2.45) is 4.99 Å². The molecular weight excluding hydrogens is 118 g/mol. The highest BCUT2D eigenvalue weighted by Gasteiger charge is 2.14. The predicted octanol–water partition coefficient (Wildman–Crippen LogP) is 0.798. The van der Waals surface area contributed by atoms with E-state index in [2.05, 4.69) is 4.99 Å². The lowest BCUT2D eigenvalue weighted by Crippen LogP contribution is -2.10. The Kier molecular flexibility index (Phi) is 1.92. The molecule has 52 valence electrons. The summed E-state index contributed by atoms with van der Waals surface area (Å²) in [5.41, 5.74) is 0. The highest BCUT2D eigenvalue weighted by molar-refractivity contribution is 5.68. The largest absolute Gasteiger partial charge is 0.451 e. The maximum atomic E-state index is 5.13. The number of hydrogen-bond acceptors (Lipinski definition) is 3. The Hall–Kier alpha value is -0.730. The molecule has 0 aromatic carbocycles. The number of nitrogens with zero attached hydrogens (tertiary/aromatic N) is 1. The summed E-state index contributed by atoms with van der Waals surface area (Å²) in [7, 11) is 0. The minimum atomic E-state index is 0.201. The van der Waals surface area contributed by atoms with Crippen molar-refractivity contribution in [2.45, 2.75) is 20.0 Å². The van der Waals surface area contributed by atoms with E-state index in [-0.39, 0.29) is 6.10 Å². The number of ether oxygens (including phenoxy) is 2. The second-order valence-electron chi connectivity index (χ2n) is 1.97. The van der Waals surface area contributed by atoms with Crippen molar-refractivity contribution in [3.8, 4) is 0 Å². The molecule has 1 heterocycles. The lowest BCUT2D eigenvalue weighted by atomic mass is 10.4. The highest BCUT2D eigenvalue weighted by Crippen LogP contribution is 2.03. The predicted molar refractivity (Wildman–Crippen MR) is 34.5 cm³/mol. The normalized spacial score (nSPS) is 25.1. The topological polar surface area (TPSA) is 30.8 Å². The zero-order valence-electron chi connectivity index (χ0n) is 5.76. The van der Waals surface area contributed by atoms with Gasteiger partial charge in [0.15, 0.2) is 0 Å². The molecule has 1 rings (SSSR count). The van der Waals surface area contributed by atoms with Gasteiger partial charge in [0.25, 0.3) is 0 Å². The smallest absolute Gasteiger partial charge is 0.383 e. The van der Waals surface area contributed by atoms with Crippen molar-refractivity contribution in [3.63, 3.8) is 0 Å². The van der Waals surface area contributed by atoms with E-state index in [1.54, 1.807) is 0 Å². The van der Waals surface area contributed by atoms with Crippen LogP contribution in [-0.2, 0) is 9.47 Å². The van der Waals surface area contributed by atoms with E-state index >= 15 is 0 Å². The second kappa shape index (κ2) is 2.71. The fourth-order valence-corrected chi connectivity index (χ4v) is 0.653. The summed E-state index contributed by atoms with van der Waals surface area (Å²) in [5, 5.41) is 0. The summed E-state index contributed by atoms with van der Waals surface area (Å²) in [5.74, 6) is 0. The molecule has 9 heavy (non-hydrogen) atoms. The minimum Gasteiger partial charge on any atom is -0.451 e. The van der Waals surface area contributed by atoms with Crippen LogP contribution in [0, 0.1) is 0 Å². The van der Waals surface area contributed by atoms with Crippen LogP contribution >= 0.6 is 0 Å². The Morgan fingerprint density at radius 2 is 2.67 bits per heavy atom. The van der Waals surface area contributed by atoms with Crippen LogP contribution in [0.1, 0.15) is 13.8 Å². The Bertz CT molecular complexity index is 122. The molecule has 0 amide bonds. The van der Waals surface area contributed by atoms with E-state index < -0.39 is 0 Å². The quantitative estimate of drug-likeness (QED) is 0.524. The van der Waals surface area contributed by atoms with Gasteiger partial charge in [-0.1, -0.05) is 0 Å². The number of aliphatic imine (C=N–C) groups is 1. The molecule has 0 fully saturated rings. The molecular formula is C6H11NO2. The first kappa shape index (κ1) is 6.39. The first-order chi connectivity index (χ1) is 4.33. The van der Waals surface area contributed by atoms with Crippen LogP contribution in [0.3, 0.4) is 0 Å². The molecule has 1 atom stereocenters. The molecule has 0 N–H and O–H groups in total. The molecule has 0 aromatic rings. The molecule has 0 saturated heterocycles. The molecule has 0 radical (unpaired) electrons. The molecule has 0 aliphatic carbocycles. The standard InChI is InChI=1S/C6H11NO2/c1-3-8-6-7-4-5(2)9-6/h5H,3-4H2,1-2H3. The molecule has 1 aliphatic heterocycles. The van der Waals surface area contributed by atoms with Gasteiger partial charge in [0, 0.05) is 0 Å². The average molecular weight is 129 g/mol. The summed E-state index contributed by atoms with van der Waals surface area (Å²) in [6.45, 7) is 5.24. The van der Waals surface area contributed by atoms with E-state index in [0.29, 0.717) is 12.7 Å². The molecule has 0 bridgehead atoms. The molecule has 3 heteroatoms. The third-order valence-electron chi connectivity index (χ3n) is 1.05. The van der Waals surface area contributed by atoms with Gasteiger partial charge in [-0.2, -0.15) is 0 Å². The van der Waals surface area contributed by atoms with Crippen molar-refractivity contribution in [2.75, 3.05) is 13.2 Å². The van der Waals surface area contributed by atoms with Crippen LogP contribution < -0.4 is 0 Å². The SMILES string of the molecule is CCOC1=NCC(C)O1. The minimum absolute atomic E-state index is 0.201. The van der Waals surface area contributed by atoms with Crippen molar-refractivity contribution >= 4 is 6.08 Å². The van der Waals surface area contributed by atoms with Gasteiger partial charge in [-0.3, -0.25) is 0 Å². The number of hydrogen-bond donors (Lipinski definition) is 0. The molecule has 1 aliphatic rings. The lowest BCUT2D eigenvalue weighted by molar-refractivity contribution is 0.154. The Morgan fingerprint density at radius 3 is 3.11 bits per heavy atom. The lowest BCUT2D eigenvalue weighted by Gasteiger charge is -2.03. The van der Waals surface area contributed by atoms with Gasteiger partial charge < -0.3 is 9.47 Å². The summed E-state index contributed by atoms with van der Waals surface area (Å²) >= 11 is 0. The van der Waals surface area contributed by atoms with E-state index in [0.717, 1.165) is 6.54 Å². The maximum absolute atomic E-state index is 5.13. The molecule has 0 spiro atoms. The molecule has 1 unspecified atom stereocenters. The zero-order valence-corrected chi connectivity index (χ0v) is 5.76. The Morgan fingerprint density at radius 1 is 1.89 bits per heavy atom. The van der Waals surface area contributed by atoms with Crippen molar-refractivity contribution < 1.29 is 9.47 Å². The molecule has 0 aromatic heterocycles. The van der Waals surface area contributed by atoms with Gasteiger partial charge >= 0.3 is 6.08 Å². The second-order valence-corrected chi connectivity index (χ2v) is 1.97. The zero-order chi connectivity index (χ0) is 6.69. The summed E-state index contributed by atoms with van der Waals surface area (Å²) < 4.78 is 10.1. The average Bonchev–Trinajstić information content (AvgIpc) is 2.17. The van der Waals surface area contributed by atoms with Crippen molar-refractivity contribution in [3.05, 3.63) is 0 Å². The van der Waals surface area contributed by atoms with Gasteiger partial charge in [-0.15, -0.1) is 0 Å². The number of rotatable bonds is 1. The Balaban J connectivity index is 2.27. The van der Waals surface area contributed by atoms with E-state index in [4.69, 9.17) is 9.47 Å². The summed E-state index contributed by atoms with van der Waals surface area (Å²) in [6.07, 6.45) is 0.650. The van der Waals surface area contributed by atoms with E-state index in [1.807, 2.05) is 13.8 Å².